The first-order valence-corrected chi connectivity index (χ1v) is 7.50. The van der Waals surface area contributed by atoms with Crippen LogP contribution < -0.4 is 11.1 Å². The lowest BCUT2D eigenvalue weighted by atomic mass is 10.1. The van der Waals surface area contributed by atoms with Crippen LogP contribution in [0.15, 0.2) is 24.3 Å². The fourth-order valence-corrected chi connectivity index (χ4v) is 2.57. The highest BCUT2D eigenvalue weighted by Crippen LogP contribution is 2.23. The Morgan fingerprint density at radius 2 is 2.17 bits per heavy atom. The summed E-state index contributed by atoms with van der Waals surface area (Å²) in [7, 11) is 0. The van der Waals surface area contributed by atoms with Gasteiger partial charge in [-0.1, -0.05) is 0 Å². The van der Waals surface area contributed by atoms with Crippen LogP contribution in [0.1, 0.15) is 28.7 Å². The average molecular weight is 326 g/mol. The molecule has 0 aliphatic heterocycles. The number of hydrogen-bond donors (Lipinski definition) is 4. The summed E-state index contributed by atoms with van der Waals surface area (Å²) in [6.45, 7) is 3.94. The number of carboxylic acids is 1. The summed E-state index contributed by atoms with van der Waals surface area (Å²) in [5, 5.41) is 20.2. The number of nitrogen functional groups attached to an aromatic ring is 1. The molecule has 3 rings (SSSR count). The van der Waals surface area contributed by atoms with Crippen molar-refractivity contribution in [3.63, 3.8) is 0 Å². The number of benzene rings is 1. The van der Waals surface area contributed by atoms with Crippen molar-refractivity contribution in [3.8, 4) is 0 Å². The SMILES string of the molecule is Cc1cc(C[C@@H](C)Nc2nc(N)nc3ccc(C(=O)O)cc23)n[nH]1. The smallest absolute Gasteiger partial charge is 0.335 e. The number of nitrogens with zero attached hydrogens (tertiary/aromatic N) is 3. The number of aromatic amines is 1. The highest BCUT2D eigenvalue weighted by atomic mass is 16.4. The Labute approximate surface area is 138 Å². The lowest BCUT2D eigenvalue weighted by molar-refractivity contribution is 0.0697. The van der Waals surface area contributed by atoms with Crippen LogP contribution >= 0.6 is 0 Å². The second-order valence-corrected chi connectivity index (χ2v) is 5.76. The van der Waals surface area contributed by atoms with Crippen molar-refractivity contribution in [1.82, 2.24) is 20.2 Å². The van der Waals surface area contributed by atoms with Crippen LogP contribution in [0.3, 0.4) is 0 Å². The molecule has 0 fully saturated rings. The Kier molecular flexibility index (Phi) is 4.03. The Morgan fingerprint density at radius 1 is 1.38 bits per heavy atom. The molecule has 8 heteroatoms. The van der Waals surface area contributed by atoms with Crippen molar-refractivity contribution in [2.75, 3.05) is 11.1 Å². The number of fused-ring (bicyclic) bond motifs is 1. The molecule has 3 aromatic rings. The van der Waals surface area contributed by atoms with Crippen molar-refractivity contribution in [3.05, 3.63) is 41.2 Å². The molecule has 5 N–H and O–H groups in total. The maximum atomic E-state index is 11.2. The number of aromatic carboxylic acids is 1. The zero-order valence-electron chi connectivity index (χ0n) is 13.4. The fraction of sp³-hybridized carbons (Fsp3) is 0.250. The molecule has 0 aliphatic rings. The minimum Gasteiger partial charge on any atom is -0.478 e. The quantitative estimate of drug-likeness (QED) is 0.564. The molecule has 2 heterocycles. The summed E-state index contributed by atoms with van der Waals surface area (Å²) in [4.78, 5) is 19.6. The average Bonchev–Trinajstić information content (AvgIpc) is 2.91. The topological polar surface area (TPSA) is 130 Å². The van der Waals surface area contributed by atoms with Crippen LogP contribution in [-0.2, 0) is 6.42 Å². The van der Waals surface area contributed by atoms with Gasteiger partial charge in [0, 0.05) is 23.5 Å². The second kappa shape index (κ2) is 6.15. The molecule has 0 aliphatic carbocycles. The normalized spacial score (nSPS) is 12.2. The molecule has 0 saturated carbocycles. The molecule has 0 spiro atoms. The largest absolute Gasteiger partial charge is 0.478 e. The van der Waals surface area contributed by atoms with E-state index < -0.39 is 5.97 Å². The van der Waals surface area contributed by atoms with Crippen molar-refractivity contribution in [1.29, 1.82) is 0 Å². The Morgan fingerprint density at radius 3 is 2.83 bits per heavy atom. The van der Waals surface area contributed by atoms with E-state index >= 15 is 0 Å². The highest BCUT2D eigenvalue weighted by Gasteiger charge is 2.13. The Bertz CT molecular complexity index is 905. The predicted molar refractivity (Wildman–Crippen MR) is 91.0 cm³/mol. The summed E-state index contributed by atoms with van der Waals surface area (Å²) in [5.41, 5.74) is 8.46. The maximum absolute atomic E-state index is 11.2. The number of aryl methyl sites for hydroxylation is 1. The van der Waals surface area contributed by atoms with Crippen molar-refractivity contribution >= 4 is 28.6 Å². The minimum absolute atomic E-state index is 0.0266. The molecule has 0 unspecified atom stereocenters. The number of rotatable bonds is 5. The number of hydrogen-bond acceptors (Lipinski definition) is 6. The van der Waals surface area contributed by atoms with E-state index in [1.165, 1.54) is 6.07 Å². The van der Waals surface area contributed by atoms with Gasteiger partial charge in [-0.25, -0.2) is 9.78 Å². The van der Waals surface area contributed by atoms with Crippen LogP contribution in [0, 0.1) is 6.92 Å². The first kappa shape index (κ1) is 15.7. The molecule has 24 heavy (non-hydrogen) atoms. The van der Waals surface area contributed by atoms with E-state index in [2.05, 4.69) is 25.5 Å². The summed E-state index contributed by atoms with van der Waals surface area (Å²) in [5.74, 6) is -0.351. The van der Waals surface area contributed by atoms with Gasteiger partial charge in [-0.3, -0.25) is 5.10 Å². The molecule has 0 saturated heterocycles. The van der Waals surface area contributed by atoms with Crippen molar-refractivity contribution < 1.29 is 9.90 Å². The zero-order chi connectivity index (χ0) is 17.3. The standard InChI is InChI=1S/C16H18N6O2/c1-8(5-11-6-9(2)21-22-11)18-14-12-7-10(15(23)24)3-4-13(12)19-16(17)20-14/h3-4,6-8H,5H2,1-2H3,(H,21,22)(H,23,24)(H3,17,18,19,20)/t8-/m1/s1. The molecule has 0 amide bonds. The van der Waals surface area contributed by atoms with Crippen LogP contribution in [0.4, 0.5) is 11.8 Å². The van der Waals surface area contributed by atoms with E-state index in [0.717, 1.165) is 11.4 Å². The second-order valence-electron chi connectivity index (χ2n) is 5.76. The van der Waals surface area contributed by atoms with Gasteiger partial charge >= 0.3 is 5.97 Å². The van der Waals surface area contributed by atoms with Gasteiger partial charge in [0.05, 0.1) is 16.8 Å². The van der Waals surface area contributed by atoms with E-state index in [1.807, 2.05) is 19.9 Å². The molecule has 1 aromatic carbocycles. The van der Waals surface area contributed by atoms with Gasteiger partial charge in [-0.15, -0.1) is 0 Å². The lowest BCUT2D eigenvalue weighted by Crippen LogP contribution is -2.20. The number of carboxylic acid groups (broad SMARTS) is 1. The van der Waals surface area contributed by atoms with E-state index in [4.69, 9.17) is 5.73 Å². The molecule has 2 aromatic heterocycles. The van der Waals surface area contributed by atoms with Crippen molar-refractivity contribution in [2.24, 2.45) is 0 Å². The molecular formula is C16H18N6O2. The highest BCUT2D eigenvalue weighted by molar-refractivity contribution is 5.97. The van der Waals surface area contributed by atoms with E-state index in [-0.39, 0.29) is 17.6 Å². The van der Waals surface area contributed by atoms with E-state index in [9.17, 15) is 9.90 Å². The summed E-state index contributed by atoms with van der Waals surface area (Å²) < 4.78 is 0. The number of aromatic nitrogens is 4. The summed E-state index contributed by atoms with van der Waals surface area (Å²) in [6.07, 6.45) is 0.689. The summed E-state index contributed by atoms with van der Waals surface area (Å²) >= 11 is 0. The van der Waals surface area contributed by atoms with Gasteiger partial charge in [-0.2, -0.15) is 10.1 Å². The number of nitrogens with one attached hydrogen (secondary N) is 2. The molecule has 124 valence electrons. The van der Waals surface area contributed by atoms with Gasteiger partial charge in [0.1, 0.15) is 5.82 Å². The molecule has 0 radical (unpaired) electrons. The third-order valence-electron chi connectivity index (χ3n) is 3.62. The van der Waals surface area contributed by atoms with Gasteiger partial charge in [0.25, 0.3) is 0 Å². The first-order chi connectivity index (χ1) is 11.4. The monoisotopic (exact) mass is 326 g/mol. The number of nitrogens with two attached hydrogens (primary N) is 1. The van der Waals surface area contributed by atoms with Crippen LogP contribution in [0.25, 0.3) is 10.9 Å². The Hall–Kier alpha value is -3.16. The number of anilines is 2. The summed E-state index contributed by atoms with van der Waals surface area (Å²) in [6, 6.07) is 6.68. The Balaban J connectivity index is 1.92. The van der Waals surface area contributed by atoms with E-state index in [0.29, 0.717) is 23.1 Å². The minimum atomic E-state index is -1.00. The van der Waals surface area contributed by atoms with E-state index in [1.54, 1.807) is 12.1 Å². The van der Waals surface area contributed by atoms with Crippen LogP contribution in [0.2, 0.25) is 0 Å². The van der Waals surface area contributed by atoms with Gasteiger partial charge in [-0.05, 0) is 38.1 Å². The third kappa shape index (κ3) is 3.27. The molecule has 1 atom stereocenters. The fourth-order valence-electron chi connectivity index (χ4n) is 2.57. The van der Waals surface area contributed by atoms with Gasteiger partial charge < -0.3 is 16.2 Å². The van der Waals surface area contributed by atoms with Crippen molar-refractivity contribution in [2.45, 2.75) is 26.3 Å². The number of H-pyrrole nitrogens is 1. The number of carbonyl (C=O) groups is 1. The molecule has 0 bridgehead atoms. The van der Waals surface area contributed by atoms with Gasteiger partial charge in [0.15, 0.2) is 0 Å². The predicted octanol–water partition coefficient (Wildman–Crippen LogP) is 1.98. The third-order valence-corrected chi connectivity index (χ3v) is 3.62. The zero-order valence-corrected chi connectivity index (χ0v) is 13.4. The van der Waals surface area contributed by atoms with Crippen LogP contribution in [-0.4, -0.2) is 37.3 Å². The first-order valence-electron chi connectivity index (χ1n) is 7.50. The molecule has 8 nitrogen and oxygen atoms in total. The van der Waals surface area contributed by atoms with Crippen LogP contribution in [0.5, 0.6) is 0 Å². The van der Waals surface area contributed by atoms with Gasteiger partial charge in [0.2, 0.25) is 5.95 Å². The molecular weight excluding hydrogens is 308 g/mol. The maximum Gasteiger partial charge on any atom is 0.335 e. The lowest BCUT2D eigenvalue weighted by Gasteiger charge is -2.15.